The van der Waals surface area contributed by atoms with E-state index >= 15 is 0 Å². The van der Waals surface area contributed by atoms with Crippen LogP contribution in [-0.4, -0.2) is 41.0 Å². The fourth-order valence-electron chi connectivity index (χ4n) is 4.16. The summed E-state index contributed by atoms with van der Waals surface area (Å²) in [6.07, 6.45) is 1.60. The first-order valence-corrected chi connectivity index (χ1v) is 11.4. The summed E-state index contributed by atoms with van der Waals surface area (Å²) < 4.78 is 8.45. The van der Waals surface area contributed by atoms with E-state index in [2.05, 4.69) is 48.7 Å². The van der Waals surface area contributed by atoms with E-state index in [-0.39, 0.29) is 17.8 Å². The maximum atomic E-state index is 13.5. The van der Waals surface area contributed by atoms with Crippen molar-refractivity contribution >= 4 is 33.4 Å². The van der Waals surface area contributed by atoms with Crippen LogP contribution in [0.15, 0.2) is 36.4 Å². The molecule has 4 rings (SSSR count). The van der Waals surface area contributed by atoms with Gasteiger partial charge in [0.15, 0.2) is 0 Å². The maximum Gasteiger partial charge on any atom is 0.310 e. The lowest BCUT2D eigenvalue weighted by Crippen LogP contribution is -2.43. The van der Waals surface area contributed by atoms with Gasteiger partial charge in [-0.1, -0.05) is 29.8 Å². The number of esters is 1. The van der Waals surface area contributed by atoms with E-state index in [9.17, 15) is 9.59 Å². The van der Waals surface area contributed by atoms with Crippen LogP contribution in [-0.2, 0) is 16.1 Å². The molecule has 30 heavy (non-hydrogen) atoms. The van der Waals surface area contributed by atoms with Crippen LogP contribution < -0.4 is 0 Å². The Kier molecular flexibility index (Phi) is 5.95. The zero-order valence-corrected chi connectivity index (χ0v) is 18.6. The second kappa shape index (κ2) is 8.64. The van der Waals surface area contributed by atoms with E-state index in [1.807, 2.05) is 17.9 Å². The zero-order chi connectivity index (χ0) is 21.3. The zero-order valence-electron chi connectivity index (χ0n) is 17.8. The normalized spacial score (nSPS) is 16.8. The van der Waals surface area contributed by atoms with E-state index in [1.165, 1.54) is 16.0 Å². The molecule has 1 aromatic carbocycles. The summed E-state index contributed by atoms with van der Waals surface area (Å²) in [5, 5.41) is 0. The number of thiophene rings is 1. The highest BCUT2D eigenvalue weighted by Crippen LogP contribution is 2.31. The largest absolute Gasteiger partial charge is 0.466 e. The summed E-state index contributed by atoms with van der Waals surface area (Å²) in [7, 11) is 0. The molecule has 3 aromatic rings. The van der Waals surface area contributed by atoms with Gasteiger partial charge in [0, 0.05) is 24.5 Å². The number of likely N-dealkylation sites (tertiary alicyclic amines) is 1. The summed E-state index contributed by atoms with van der Waals surface area (Å²) in [6.45, 7) is 8.12. The average Bonchev–Trinajstić information content (AvgIpc) is 3.26. The molecule has 1 saturated heterocycles. The molecule has 158 valence electrons. The number of fused-ring (bicyclic) bond motifs is 1. The number of piperidine rings is 1. The number of hydrogen-bond donors (Lipinski definition) is 0. The molecule has 6 heteroatoms. The Labute approximate surface area is 181 Å². The van der Waals surface area contributed by atoms with Crippen molar-refractivity contribution in [3.05, 3.63) is 58.1 Å². The maximum absolute atomic E-state index is 13.5. The monoisotopic (exact) mass is 424 g/mol. The molecule has 0 unspecified atom stereocenters. The molecule has 2 aromatic heterocycles. The Morgan fingerprint density at radius 2 is 1.93 bits per heavy atom. The first-order valence-electron chi connectivity index (χ1n) is 10.6. The van der Waals surface area contributed by atoms with Crippen LogP contribution in [0.1, 0.15) is 46.3 Å². The lowest BCUT2D eigenvalue weighted by atomic mass is 9.98. The third-order valence-electron chi connectivity index (χ3n) is 5.72. The van der Waals surface area contributed by atoms with Gasteiger partial charge in [-0.3, -0.25) is 9.59 Å². The van der Waals surface area contributed by atoms with Gasteiger partial charge < -0.3 is 14.2 Å². The number of carbonyl (C=O) groups is 2. The molecule has 1 amide bonds. The molecule has 0 radical (unpaired) electrons. The number of hydrogen-bond acceptors (Lipinski definition) is 4. The molecule has 0 bridgehead atoms. The Morgan fingerprint density at radius 3 is 2.67 bits per heavy atom. The highest BCUT2D eigenvalue weighted by atomic mass is 32.1. The Hall–Kier alpha value is -2.60. The van der Waals surface area contributed by atoms with Crippen molar-refractivity contribution in [2.24, 2.45) is 5.92 Å². The van der Waals surface area contributed by atoms with Crippen LogP contribution in [0.3, 0.4) is 0 Å². The molecule has 0 spiro atoms. The topological polar surface area (TPSA) is 51.5 Å². The number of nitrogens with zero attached hydrogens (tertiary/aromatic N) is 2. The third kappa shape index (κ3) is 4.15. The van der Waals surface area contributed by atoms with Gasteiger partial charge in [0.25, 0.3) is 5.91 Å². The van der Waals surface area contributed by atoms with Gasteiger partial charge in [0.1, 0.15) is 5.69 Å². The molecule has 1 fully saturated rings. The second-order valence-corrected chi connectivity index (χ2v) is 9.34. The summed E-state index contributed by atoms with van der Waals surface area (Å²) in [6, 6.07) is 12.6. The molecule has 1 atom stereocenters. The average molecular weight is 425 g/mol. The first kappa shape index (κ1) is 20.7. The molecular formula is C24H28N2O3S. The fraction of sp³-hybridized carbons (Fsp3) is 0.417. The molecule has 3 heterocycles. The summed E-state index contributed by atoms with van der Waals surface area (Å²) >= 11 is 1.71. The number of amides is 1. The number of ether oxygens (including phenoxy) is 1. The molecule has 0 N–H and O–H groups in total. The van der Waals surface area contributed by atoms with Crippen molar-refractivity contribution in [1.29, 1.82) is 0 Å². The van der Waals surface area contributed by atoms with Crippen LogP contribution in [0.25, 0.3) is 10.2 Å². The van der Waals surface area contributed by atoms with Crippen molar-refractivity contribution in [2.45, 2.75) is 40.2 Å². The van der Waals surface area contributed by atoms with Crippen molar-refractivity contribution in [3.8, 4) is 0 Å². The second-order valence-electron chi connectivity index (χ2n) is 8.05. The summed E-state index contributed by atoms with van der Waals surface area (Å²) in [4.78, 5) is 28.8. The number of rotatable bonds is 5. The molecule has 5 nitrogen and oxygen atoms in total. The Morgan fingerprint density at radius 1 is 1.17 bits per heavy atom. The SMILES string of the molecule is CCOC(=O)[C@@H]1CCCN(C(=O)c2cc3sc(C)cc3n2Cc2ccc(C)cc2)C1. The third-order valence-corrected chi connectivity index (χ3v) is 6.71. The smallest absolute Gasteiger partial charge is 0.310 e. The van der Waals surface area contributed by atoms with E-state index in [1.54, 1.807) is 11.3 Å². The number of carbonyl (C=O) groups excluding carboxylic acids is 2. The number of aromatic nitrogens is 1. The van der Waals surface area contributed by atoms with Crippen LogP contribution in [0.2, 0.25) is 0 Å². The quantitative estimate of drug-likeness (QED) is 0.554. The molecule has 1 aliphatic rings. The standard InChI is InChI=1S/C24H28N2O3S/c1-4-29-24(28)19-6-5-11-25(15-19)23(27)21-13-22-20(12-17(3)30-22)26(21)14-18-9-7-16(2)8-10-18/h7-10,12-13,19H,4-6,11,14-15H2,1-3H3/t19-/m1/s1. The highest BCUT2D eigenvalue weighted by Gasteiger charge is 2.31. The van der Waals surface area contributed by atoms with E-state index < -0.39 is 0 Å². The van der Waals surface area contributed by atoms with Crippen LogP contribution in [0.4, 0.5) is 0 Å². The van der Waals surface area contributed by atoms with E-state index in [4.69, 9.17) is 4.74 Å². The molecule has 1 aliphatic heterocycles. The van der Waals surface area contributed by atoms with Gasteiger partial charge in [0.05, 0.1) is 22.7 Å². The predicted octanol–water partition coefficient (Wildman–Crippen LogP) is 4.78. The molecule has 0 aliphatic carbocycles. The van der Waals surface area contributed by atoms with Crippen LogP contribution in [0, 0.1) is 19.8 Å². The van der Waals surface area contributed by atoms with Crippen molar-refractivity contribution in [1.82, 2.24) is 9.47 Å². The Balaban J connectivity index is 1.64. The van der Waals surface area contributed by atoms with Gasteiger partial charge in [0.2, 0.25) is 0 Å². The first-order chi connectivity index (χ1) is 14.5. The number of benzene rings is 1. The van der Waals surface area contributed by atoms with Crippen LogP contribution in [0.5, 0.6) is 0 Å². The predicted molar refractivity (Wildman–Crippen MR) is 120 cm³/mol. The van der Waals surface area contributed by atoms with Gasteiger partial charge in [-0.15, -0.1) is 11.3 Å². The van der Waals surface area contributed by atoms with Crippen molar-refractivity contribution in [3.63, 3.8) is 0 Å². The van der Waals surface area contributed by atoms with E-state index in [0.29, 0.717) is 31.9 Å². The Bertz CT molecular complexity index is 1060. The summed E-state index contributed by atoms with van der Waals surface area (Å²) in [5.74, 6) is -0.426. The number of aryl methyl sites for hydroxylation is 2. The van der Waals surface area contributed by atoms with Crippen molar-refractivity contribution < 1.29 is 14.3 Å². The minimum absolute atomic E-state index is 0.00263. The fourth-order valence-corrected chi connectivity index (χ4v) is 5.13. The van der Waals surface area contributed by atoms with Gasteiger partial charge in [-0.05, 0) is 51.3 Å². The minimum atomic E-state index is -0.230. The lowest BCUT2D eigenvalue weighted by Gasteiger charge is -2.31. The minimum Gasteiger partial charge on any atom is -0.466 e. The lowest BCUT2D eigenvalue weighted by molar-refractivity contribution is -0.149. The van der Waals surface area contributed by atoms with Gasteiger partial charge in [-0.25, -0.2) is 0 Å². The highest BCUT2D eigenvalue weighted by molar-refractivity contribution is 7.19. The van der Waals surface area contributed by atoms with Crippen molar-refractivity contribution in [2.75, 3.05) is 19.7 Å². The molecule has 0 saturated carbocycles. The van der Waals surface area contributed by atoms with Gasteiger partial charge >= 0.3 is 5.97 Å². The van der Waals surface area contributed by atoms with E-state index in [0.717, 1.165) is 23.1 Å². The molecular weight excluding hydrogens is 396 g/mol. The summed E-state index contributed by atoms with van der Waals surface area (Å²) in [5.41, 5.74) is 4.18. The van der Waals surface area contributed by atoms with Crippen LogP contribution >= 0.6 is 11.3 Å². The van der Waals surface area contributed by atoms with Gasteiger partial charge in [-0.2, -0.15) is 0 Å².